The van der Waals surface area contributed by atoms with Crippen LogP contribution in [0.3, 0.4) is 0 Å². The van der Waals surface area contributed by atoms with E-state index in [-0.39, 0.29) is 11.7 Å². The zero-order valence-corrected chi connectivity index (χ0v) is 12.0. The van der Waals surface area contributed by atoms with E-state index in [0.29, 0.717) is 22.7 Å². The lowest BCUT2D eigenvalue weighted by molar-refractivity contribution is 0.0957. The average molecular weight is 293 g/mol. The summed E-state index contributed by atoms with van der Waals surface area (Å²) in [4.78, 5) is 12.5. The van der Waals surface area contributed by atoms with Crippen LogP contribution in [0.4, 0.5) is 4.39 Å². The number of nitrogens with one attached hydrogen (secondary N) is 1. The Kier molecular flexibility index (Phi) is 5.17. The summed E-state index contributed by atoms with van der Waals surface area (Å²) in [6, 6.07) is 5.88. The fourth-order valence-corrected chi connectivity index (χ4v) is 2.40. The lowest BCUT2D eigenvalue weighted by atomic mass is 10.1. The molecule has 1 amide bonds. The smallest absolute Gasteiger partial charge is 0.265 e. The highest BCUT2D eigenvalue weighted by Crippen LogP contribution is 2.23. The Morgan fingerprint density at radius 2 is 2.05 bits per heavy atom. The molecule has 0 aliphatic heterocycles. The number of amides is 1. The quantitative estimate of drug-likeness (QED) is 0.832. The molecule has 4 nitrogen and oxygen atoms in total. The van der Waals surface area contributed by atoms with E-state index in [1.54, 1.807) is 12.1 Å². The van der Waals surface area contributed by atoms with Crippen molar-refractivity contribution in [3.8, 4) is 11.3 Å². The van der Waals surface area contributed by atoms with Gasteiger partial charge in [-0.1, -0.05) is 24.3 Å². The molecule has 1 heterocycles. The molecule has 0 aliphatic rings. The Balaban J connectivity index is 2.08. The van der Waals surface area contributed by atoms with Gasteiger partial charge >= 0.3 is 0 Å². The molecular weight excluding hydrogens is 277 g/mol. The molecule has 0 spiro atoms. The lowest BCUT2D eigenvalue weighted by Gasteiger charge is -2.04. The van der Waals surface area contributed by atoms with Gasteiger partial charge in [-0.05, 0) is 42.2 Å². The van der Waals surface area contributed by atoms with Gasteiger partial charge in [-0.2, -0.15) is 0 Å². The molecule has 0 radical (unpaired) electrons. The molecule has 0 aliphatic carbocycles. The number of carbonyl (C=O) groups is 1. The SMILES string of the molecule is CCCCCNC(=O)c1snnc1-c1ccc(F)cc1. The van der Waals surface area contributed by atoms with Crippen LogP contribution >= 0.6 is 11.5 Å². The summed E-state index contributed by atoms with van der Waals surface area (Å²) in [5.74, 6) is -0.488. The van der Waals surface area contributed by atoms with Crippen molar-refractivity contribution in [1.82, 2.24) is 14.9 Å². The third kappa shape index (κ3) is 3.60. The number of nitrogens with zero attached hydrogens (tertiary/aromatic N) is 2. The Morgan fingerprint density at radius 3 is 2.75 bits per heavy atom. The third-order valence-corrected chi connectivity index (χ3v) is 3.60. The van der Waals surface area contributed by atoms with Crippen molar-refractivity contribution in [2.24, 2.45) is 0 Å². The number of hydrogen-bond donors (Lipinski definition) is 1. The van der Waals surface area contributed by atoms with Gasteiger partial charge in [0.15, 0.2) is 0 Å². The van der Waals surface area contributed by atoms with Crippen molar-refractivity contribution < 1.29 is 9.18 Å². The second-order valence-electron chi connectivity index (χ2n) is 4.42. The van der Waals surface area contributed by atoms with Gasteiger partial charge in [-0.25, -0.2) is 4.39 Å². The zero-order chi connectivity index (χ0) is 14.4. The van der Waals surface area contributed by atoms with Crippen molar-refractivity contribution in [1.29, 1.82) is 0 Å². The molecule has 0 bridgehead atoms. The molecular formula is C14H16FN3OS. The van der Waals surface area contributed by atoms with E-state index in [2.05, 4.69) is 21.8 Å². The van der Waals surface area contributed by atoms with Crippen LogP contribution in [-0.2, 0) is 0 Å². The van der Waals surface area contributed by atoms with Crippen LogP contribution in [0.5, 0.6) is 0 Å². The van der Waals surface area contributed by atoms with Gasteiger partial charge in [-0.15, -0.1) is 5.10 Å². The van der Waals surface area contributed by atoms with E-state index in [9.17, 15) is 9.18 Å². The molecule has 0 saturated carbocycles. The molecule has 2 aromatic rings. The molecule has 0 unspecified atom stereocenters. The van der Waals surface area contributed by atoms with Gasteiger partial charge in [0.25, 0.3) is 5.91 Å². The topological polar surface area (TPSA) is 54.9 Å². The Labute approximate surface area is 121 Å². The number of aromatic nitrogens is 2. The standard InChI is InChI=1S/C14H16FN3OS/c1-2-3-4-9-16-14(19)13-12(17-18-20-13)10-5-7-11(15)8-6-10/h5-8H,2-4,9H2,1H3,(H,16,19). The first-order valence-electron chi connectivity index (χ1n) is 6.59. The van der Waals surface area contributed by atoms with E-state index < -0.39 is 0 Å². The summed E-state index contributed by atoms with van der Waals surface area (Å²) in [7, 11) is 0. The highest BCUT2D eigenvalue weighted by Gasteiger charge is 2.17. The van der Waals surface area contributed by atoms with E-state index in [1.165, 1.54) is 12.1 Å². The maximum Gasteiger partial charge on any atom is 0.265 e. The molecule has 0 fully saturated rings. The monoisotopic (exact) mass is 293 g/mol. The van der Waals surface area contributed by atoms with Crippen LogP contribution in [0, 0.1) is 5.82 Å². The summed E-state index contributed by atoms with van der Waals surface area (Å²) in [5, 5.41) is 6.83. The summed E-state index contributed by atoms with van der Waals surface area (Å²) in [6.45, 7) is 2.76. The largest absolute Gasteiger partial charge is 0.351 e. The van der Waals surface area contributed by atoms with Gasteiger partial charge in [0.1, 0.15) is 16.4 Å². The first kappa shape index (κ1) is 14.6. The highest BCUT2D eigenvalue weighted by molar-refractivity contribution is 7.08. The molecule has 1 N–H and O–H groups in total. The van der Waals surface area contributed by atoms with Gasteiger partial charge < -0.3 is 5.32 Å². The maximum atomic E-state index is 12.9. The van der Waals surface area contributed by atoms with Crippen molar-refractivity contribution in [3.05, 3.63) is 35.0 Å². The van der Waals surface area contributed by atoms with Crippen molar-refractivity contribution in [3.63, 3.8) is 0 Å². The summed E-state index contributed by atoms with van der Waals surface area (Å²) in [5.41, 5.74) is 1.20. The molecule has 2 rings (SSSR count). The first-order valence-corrected chi connectivity index (χ1v) is 7.36. The fraction of sp³-hybridized carbons (Fsp3) is 0.357. The number of rotatable bonds is 6. The van der Waals surface area contributed by atoms with Gasteiger partial charge in [0.2, 0.25) is 0 Å². The van der Waals surface area contributed by atoms with Crippen LogP contribution < -0.4 is 5.32 Å². The second-order valence-corrected chi connectivity index (χ2v) is 5.17. The molecule has 106 valence electrons. The van der Waals surface area contributed by atoms with Gasteiger partial charge in [0, 0.05) is 12.1 Å². The number of halogens is 1. The fourth-order valence-electron chi connectivity index (χ4n) is 1.79. The van der Waals surface area contributed by atoms with E-state index in [1.807, 2.05) is 0 Å². The average Bonchev–Trinajstić information content (AvgIpc) is 2.93. The third-order valence-electron chi connectivity index (χ3n) is 2.88. The lowest BCUT2D eigenvalue weighted by Crippen LogP contribution is -2.24. The summed E-state index contributed by atoms with van der Waals surface area (Å²) in [6.07, 6.45) is 3.16. The maximum absolute atomic E-state index is 12.9. The minimum atomic E-state index is -0.317. The van der Waals surface area contributed by atoms with Crippen molar-refractivity contribution >= 4 is 17.4 Å². The molecule has 20 heavy (non-hydrogen) atoms. The predicted molar refractivity (Wildman–Crippen MR) is 77.2 cm³/mol. The highest BCUT2D eigenvalue weighted by atomic mass is 32.1. The number of benzene rings is 1. The zero-order valence-electron chi connectivity index (χ0n) is 11.2. The van der Waals surface area contributed by atoms with E-state index >= 15 is 0 Å². The summed E-state index contributed by atoms with van der Waals surface area (Å²) < 4.78 is 16.7. The second kappa shape index (κ2) is 7.09. The minimum absolute atomic E-state index is 0.171. The number of unbranched alkanes of at least 4 members (excludes halogenated alkanes) is 2. The normalized spacial score (nSPS) is 10.5. The Bertz CT molecular complexity index is 568. The molecule has 0 saturated heterocycles. The Morgan fingerprint density at radius 1 is 1.30 bits per heavy atom. The van der Waals surface area contributed by atoms with Crippen LogP contribution in [-0.4, -0.2) is 22.0 Å². The summed E-state index contributed by atoms with van der Waals surface area (Å²) >= 11 is 1.05. The minimum Gasteiger partial charge on any atom is -0.351 e. The van der Waals surface area contributed by atoms with Gasteiger partial charge in [-0.3, -0.25) is 4.79 Å². The molecule has 1 aromatic heterocycles. The van der Waals surface area contributed by atoms with Crippen LogP contribution in [0.25, 0.3) is 11.3 Å². The van der Waals surface area contributed by atoms with Crippen LogP contribution in [0.1, 0.15) is 35.9 Å². The van der Waals surface area contributed by atoms with Crippen LogP contribution in [0.2, 0.25) is 0 Å². The first-order chi connectivity index (χ1) is 9.72. The van der Waals surface area contributed by atoms with Crippen LogP contribution in [0.15, 0.2) is 24.3 Å². The van der Waals surface area contributed by atoms with Crippen molar-refractivity contribution in [2.45, 2.75) is 26.2 Å². The van der Waals surface area contributed by atoms with Crippen molar-refractivity contribution in [2.75, 3.05) is 6.54 Å². The van der Waals surface area contributed by atoms with Gasteiger partial charge in [0.05, 0.1) is 0 Å². The van der Waals surface area contributed by atoms with E-state index in [0.717, 1.165) is 30.8 Å². The number of carbonyl (C=O) groups excluding carboxylic acids is 1. The molecule has 1 aromatic carbocycles. The number of hydrogen-bond acceptors (Lipinski definition) is 4. The molecule has 6 heteroatoms. The van der Waals surface area contributed by atoms with E-state index in [4.69, 9.17) is 0 Å². The Hall–Kier alpha value is -1.82. The predicted octanol–water partition coefficient (Wildman–Crippen LogP) is 3.26. The molecule has 0 atom stereocenters.